The molecule has 0 atom stereocenters. The van der Waals surface area contributed by atoms with Gasteiger partial charge in [-0.1, -0.05) is 60.2 Å². The first-order chi connectivity index (χ1) is 16.5. The lowest BCUT2D eigenvalue weighted by Crippen LogP contribution is -2.31. The average molecular weight is 460 g/mol. The molecule has 1 aliphatic rings. The van der Waals surface area contributed by atoms with Gasteiger partial charge in [-0.2, -0.15) is 5.10 Å². The van der Waals surface area contributed by atoms with E-state index >= 15 is 0 Å². The number of nitrogens with one attached hydrogen (secondary N) is 2. The summed E-state index contributed by atoms with van der Waals surface area (Å²) < 4.78 is 1.61. The number of rotatable bonds is 8. The average Bonchev–Trinajstić information content (AvgIpc) is 3.21. The van der Waals surface area contributed by atoms with Crippen LogP contribution in [0.3, 0.4) is 0 Å². The summed E-state index contributed by atoms with van der Waals surface area (Å²) >= 11 is 0. The van der Waals surface area contributed by atoms with Crippen LogP contribution < -0.4 is 10.6 Å². The van der Waals surface area contributed by atoms with E-state index in [4.69, 9.17) is 0 Å². The number of aromatic nitrogens is 2. The van der Waals surface area contributed by atoms with Crippen molar-refractivity contribution in [1.29, 1.82) is 0 Å². The van der Waals surface area contributed by atoms with E-state index in [1.165, 1.54) is 0 Å². The van der Waals surface area contributed by atoms with E-state index in [1.54, 1.807) is 15.6 Å². The predicted octanol–water partition coefficient (Wildman–Crippen LogP) is 2.67. The number of nitrogens with zero attached hydrogens (tertiary/aromatic N) is 3. The molecule has 0 radical (unpaired) electrons. The molecule has 3 aromatic rings. The summed E-state index contributed by atoms with van der Waals surface area (Å²) in [6.07, 6.45) is 0.921. The van der Waals surface area contributed by atoms with Crippen molar-refractivity contribution in [3.8, 4) is 0 Å². The molecule has 2 aromatic carbocycles. The van der Waals surface area contributed by atoms with Crippen LogP contribution in [-0.2, 0) is 24.4 Å². The van der Waals surface area contributed by atoms with Crippen molar-refractivity contribution in [1.82, 2.24) is 25.3 Å². The summed E-state index contributed by atoms with van der Waals surface area (Å²) in [5.41, 5.74) is 3.84. The normalized spacial score (nSPS) is 13.2. The van der Waals surface area contributed by atoms with Gasteiger partial charge in [-0.05, 0) is 24.5 Å². The Hall–Kier alpha value is -3.94. The Morgan fingerprint density at radius 3 is 2.56 bits per heavy atom. The van der Waals surface area contributed by atoms with Crippen molar-refractivity contribution in [2.45, 2.75) is 39.4 Å². The lowest BCUT2D eigenvalue weighted by Gasteiger charge is -2.20. The second kappa shape index (κ2) is 10.8. The number of aryl methyl sites for hydroxylation is 2. The highest BCUT2D eigenvalue weighted by Crippen LogP contribution is 2.17. The fraction of sp³-hybridized carbons (Fsp3) is 0.308. The quantitative estimate of drug-likeness (QED) is 0.541. The van der Waals surface area contributed by atoms with Crippen molar-refractivity contribution in [2.24, 2.45) is 0 Å². The second-order valence-electron chi connectivity index (χ2n) is 8.48. The molecule has 0 unspecified atom stereocenters. The maximum absolute atomic E-state index is 13.1. The Morgan fingerprint density at radius 1 is 0.971 bits per heavy atom. The fourth-order valence-corrected chi connectivity index (χ4v) is 3.99. The Morgan fingerprint density at radius 2 is 1.76 bits per heavy atom. The Labute approximate surface area is 199 Å². The molecule has 0 saturated carbocycles. The molecule has 0 fully saturated rings. The number of hydrogen-bond acceptors (Lipinski definition) is 4. The number of hydrogen-bond donors (Lipinski definition) is 2. The van der Waals surface area contributed by atoms with E-state index in [9.17, 15) is 14.4 Å². The van der Waals surface area contributed by atoms with Crippen LogP contribution in [0.5, 0.6) is 0 Å². The first-order valence-electron chi connectivity index (χ1n) is 11.5. The summed E-state index contributed by atoms with van der Waals surface area (Å²) in [6, 6.07) is 19.3. The monoisotopic (exact) mass is 459 g/mol. The van der Waals surface area contributed by atoms with Gasteiger partial charge in [0.05, 0.1) is 0 Å². The van der Waals surface area contributed by atoms with Crippen LogP contribution in [0.2, 0.25) is 0 Å². The van der Waals surface area contributed by atoms with E-state index in [-0.39, 0.29) is 30.5 Å². The SMILES string of the molecule is Cc1cccc(CN2CCCn3nc(C(=O)NCCC(=O)NCc4ccccc4)cc3C2=O)c1. The van der Waals surface area contributed by atoms with Crippen LogP contribution in [0.15, 0.2) is 60.7 Å². The zero-order valence-electron chi connectivity index (χ0n) is 19.3. The van der Waals surface area contributed by atoms with Crippen molar-refractivity contribution in [2.75, 3.05) is 13.1 Å². The molecule has 8 heteroatoms. The molecule has 0 aliphatic carbocycles. The number of benzene rings is 2. The lowest BCUT2D eigenvalue weighted by atomic mass is 10.1. The first-order valence-corrected chi connectivity index (χ1v) is 11.5. The van der Waals surface area contributed by atoms with Gasteiger partial charge in [0.1, 0.15) is 5.69 Å². The van der Waals surface area contributed by atoms with E-state index in [0.29, 0.717) is 31.9 Å². The van der Waals surface area contributed by atoms with Gasteiger partial charge in [-0.15, -0.1) is 0 Å². The van der Waals surface area contributed by atoms with Crippen LogP contribution in [0, 0.1) is 6.92 Å². The smallest absolute Gasteiger partial charge is 0.272 e. The zero-order chi connectivity index (χ0) is 23.9. The largest absolute Gasteiger partial charge is 0.352 e. The number of carbonyl (C=O) groups is 3. The molecule has 2 N–H and O–H groups in total. The Balaban J connectivity index is 1.31. The van der Waals surface area contributed by atoms with Crippen LogP contribution in [0.4, 0.5) is 0 Å². The second-order valence-corrected chi connectivity index (χ2v) is 8.48. The topological polar surface area (TPSA) is 96.3 Å². The molecule has 176 valence electrons. The van der Waals surface area contributed by atoms with Crippen molar-refractivity contribution in [3.63, 3.8) is 0 Å². The predicted molar refractivity (Wildman–Crippen MR) is 128 cm³/mol. The molecule has 3 amide bonds. The van der Waals surface area contributed by atoms with Crippen LogP contribution in [-0.4, -0.2) is 45.5 Å². The molecule has 8 nitrogen and oxygen atoms in total. The highest BCUT2D eigenvalue weighted by atomic mass is 16.2. The van der Waals surface area contributed by atoms with Gasteiger partial charge < -0.3 is 15.5 Å². The van der Waals surface area contributed by atoms with Gasteiger partial charge in [-0.25, -0.2) is 0 Å². The van der Waals surface area contributed by atoms with E-state index in [0.717, 1.165) is 23.1 Å². The minimum Gasteiger partial charge on any atom is -0.352 e. The van der Waals surface area contributed by atoms with Gasteiger partial charge in [0.2, 0.25) is 5.91 Å². The summed E-state index contributed by atoms with van der Waals surface area (Å²) in [5, 5.41) is 9.90. The van der Waals surface area contributed by atoms with Crippen molar-refractivity contribution in [3.05, 3.63) is 88.7 Å². The molecule has 34 heavy (non-hydrogen) atoms. The zero-order valence-corrected chi connectivity index (χ0v) is 19.3. The van der Waals surface area contributed by atoms with Gasteiger partial charge >= 0.3 is 0 Å². The van der Waals surface area contributed by atoms with Crippen LogP contribution in [0.25, 0.3) is 0 Å². The number of amides is 3. The summed E-state index contributed by atoms with van der Waals surface area (Å²) in [5.74, 6) is -0.674. The van der Waals surface area contributed by atoms with Crippen molar-refractivity contribution >= 4 is 17.7 Å². The van der Waals surface area contributed by atoms with E-state index in [1.807, 2.05) is 55.5 Å². The lowest BCUT2D eigenvalue weighted by molar-refractivity contribution is -0.121. The van der Waals surface area contributed by atoms with Crippen molar-refractivity contribution < 1.29 is 14.4 Å². The minimum atomic E-state index is -0.394. The minimum absolute atomic E-state index is 0.133. The Kier molecular flexibility index (Phi) is 7.37. The van der Waals surface area contributed by atoms with Crippen LogP contribution in [0.1, 0.15) is 50.5 Å². The first kappa shape index (κ1) is 23.2. The summed E-state index contributed by atoms with van der Waals surface area (Å²) in [6.45, 7) is 4.39. The van der Waals surface area contributed by atoms with Gasteiger partial charge in [0.15, 0.2) is 5.69 Å². The number of carbonyl (C=O) groups excluding carboxylic acids is 3. The highest BCUT2D eigenvalue weighted by Gasteiger charge is 2.26. The third-order valence-corrected chi connectivity index (χ3v) is 5.74. The molecular formula is C26H29N5O3. The molecule has 0 spiro atoms. The molecule has 4 rings (SSSR count). The molecular weight excluding hydrogens is 430 g/mol. The fourth-order valence-electron chi connectivity index (χ4n) is 3.99. The van der Waals surface area contributed by atoms with Gasteiger partial charge in [0.25, 0.3) is 11.8 Å². The maximum atomic E-state index is 13.1. The standard InChI is InChI=1S/C26H29N5O3/c1-19-7-5-10-21(15-19)18-30-13-6-14-31-23(26(30)34)16-22(29-31)25(33)27-12-11-24(32)28-17-20-8-3-2-4-9-20/h2-5,7-10,15-16H,6,11-14,17-18H2,1H3,(H,27,33)(H,28,32). The van der Waals surface area contributed by atoms with E-state index < -0.39 is 5.91 Å². The molecule has 0 bridgehead atoms. The Bertz CT molecular complexity index is 1170. The van der Waals surface area contributed by atoms with Gasteiger partial charge in [0, 0.05) is 45.2 Å². The maximum Gasteiger partial charge on any atom is 0.272 e. The number of fused-ring (bicyclic) bond motifs is 1. The summed E-state index contributed by atoms with van der Waals surface area (Å²) in [7, 11) is 0. The molecule has 2 heterocycles. The highest BCUT2D eigenvalue weighted by molar-refractivity contribution is 5.98. The van der Waals surface area contributed by atoms with Gasteiger partial charge in [-0.3, -0.25) is 19.1 Å². The third kappa shape index (κ3) is 5.89. The molecule has 1 aliphatic heterocycles. The molecule has 0 saturated heterocycles. The molecule has 1 aromatic heterocycles. The summed E-state index contributed by atoms with van der Waals surface area (Å²) in [4.78, 5) is 39.6. The van der Waals surface area contributed by atoms with Crippen LogP contribution >= 0.6 is 0 Å². The third-order valence-electron chi connectivity index (χ3n) is 5.74. The van der Waals surface area contributed by atoms with E-state index in [2.05, 4.69) is 21.8 Å².